The minimum atomic E-state index is -1.11. The van der Waals surface area contributed by atoms with Gasteiger partial charge < -0.3 is 0 Å². The maximum absolute atomic E-state index is 12.8. The molecule has 1 rings (SSSR count). The van der Waals surface area contributed by atoms with Crippen molar-refractivity contribution in [3.05, 3.63) is 37.8 Å². The zero-order valence-corrected chi connectivity index (χ0v) is 7.79. The van der Waals surface area contributed by atoms with Crippen LogP contribution in [0.15, 0.2) is 17.2 Å². The molecule has 0 aliphatic rings. The lowest BCUT2D eigenvalue weighted by Crippen LogP contribution is -1.85. The van der Waals surface area contributed by atoms with Gasteiger partial charge in [-0.05, 0) is 40.3 Å². The highest BCUT2D eigenvalue weighted by Gasteiger charge is 2.09. The number of nitrogens with zero attached hydrogens (tertiary/aromatic N) is 3. The Kier molecular flexibility index (Phi) is 2.83. The molecule has 0 atom stereocenters. The SMILES string of the molecule is [N-]=[N+]=Nc1c(I)ccc(F)c1F. The molecule has 0 aromatic heterocycles. The predicted octanol–water partition coefficient (Wildman–Crippen LogP) is 3.51. The Balaban J connectivity index is 3.42. The minimum absolute atomic E-state index is 0.293. The highest BCUT2D eigenvalue weighted by molar-refractivity contribution is 14.1. The van der Waals surface area contributed by atoms with E-state index in [9.17, 15) is 8.78 Å². The lowest BCUT2D eigenvalue weighted by atomic mass is 10.3. The summed E-state index contributed by atoms with van der Waals surface area (Å²) in [5, 5.41) is 3.02. The summed E-state index contributed by atoms with van der Waals surface area (Å²) < 4.78 is 25.7. The Morgan fingerprint density at radius 2 is 2.08 bits per heavy atom. The van der Waals surface area contributed by atoms with Gasteiger partial charge in [-0.25, -0.2) is 8.78 Å². The van der Waals surface area contributed by atoms with Crippen molar-refractivity contribution in [2.24, 2.45) is 5.11 Å². The first kappa shape index (κ1) is 9.21. The summed E-state index contributed by atoms with van der Waals surface area (Å²) >= 11 is 1.75. The van der Waals surface area contributed by atoms with Gasteiger partial charge in [-0.1, -0.05) is 5.11 Å². The summed E-state index contributed by atoms with van der Waals surface area (Å²) in [4.78, 5) is 2.38. The van der Waals surface area contributed by atoms with Gasteiger partial charge in [0.2, 0.25) is 0 Å². The van der Waals surface area contributed by atoms with Crippen LogP contribution in [-0.4, -0.2) is 0 Å². The number of benzene rings is 1. The second-order valence-corrected chi connectivity index (χ2v) is 3.04. The smallest absolute Gasteiger partial charge is 0.169 e. The first-order valence-electron chi connectivity index (χ1n) is 2.85. The number of azide groups is 1. The zero-order valence-electron chi connectivity index (χ0n) is 5.63. The van der Waals surface area contributed by atoms with E-state index in [1.807, 2.05) is 0 Å². The van der Waals surface area contributed by atoms with E-state index < -0.39 is 11.6 Å². The Hall–Kier alpha value is -0.880. The van der Waals surface area contributed by atoms with Gasteiger partial charge in [-0.3, -0.25) is 0 Å². The number of hydrogen-bond acceptors (Lipinski definition) is 1. The fourth-order valence-electron chi connectivity index (χ4n) is 0.653. The molecule has 0 bridgehead atoms. The Bertz CT molecular complexity index is 360. The molecule has 1 aromatic carbocycles. The van der Waals surface area contributed by atoms with Crippen molar-refractivity contribution in [2.45, 2.75) is 0 Å². The van der Waals surface area contributed by atoms with Crippen LogP contribution in [0.3, 0.4) is 0 Å². The van der Waals surface area contributed by atoms with Crippen LogP contribution in [0.25, 0.3) is 10.4 Å². The van der Waals surface area contributed by atoms with E-state index in [2.05, 4.69) is 10.0 Å². The van der Waals surface area contributed by atoms with Crippen molar-refractivity contribution in [1.29, 1.82) is 0 Å². The van der Waals surface area contributed by atoms with Crippen molar-refractivity contribution < 1.29 is 8.78 Å². The molecule has 0 fully saturated rings. The van der Waals surface area contributed by atoms with Gasteiger partial charge in [-0.15, -0.1) is 0 Å². The molecule has 0 unspecified atom stereocenters. The summed E-state index contributed by atoms with van der Waals surface area (Å²) in [6, 6.07) is 2.32. The van der Waals surface area contributed by atoms with Crippen molar-refractivity contribution >= 4 is 28.3 Å². The molecule has 0 saturated heterocycles. The standard InChI is InChI=1S/C6H2F2IN3/c7-3-1-2-4(9)6(5(3)8)11-12-10/h1-2H. The monoisotopic (exact) mass is 281 g/mol. The zero-order chi connectivity index (χ0) is 9.14. The summed E-state index contributed by atoms with van der Waals surface area (Å²) in [5.74, 6) is -2.13. The van der Waals surface area contributed by atoms with Gasteiger partial charge in [0.15, 0.2) is 11.6 Å². The summed E-state index contributed by atoms with van der Waals surface area (Å²) in [7, 11) is 0. The molecular formula is C6H2F2IN3. The van der Waals surface area contributed by atoms with Crippen molar-refractivity contribution in [3.63, 3.8) is 0 Å². The molecule has 0 radical (unpaired) electrons. The number of hydrogen-bond donors (Lipinski definition) is 0. The topological polar surface area (TPSA) is 48.8 Å². The van der Waals surface area contributed by atoms with Crippen molar-refractivity contribution in [1.82, 2.24) is 0 Å². The molecule has 0 spiro atoms. The normalized spacial score (nSPS) is 9.25. The Labute approximate surface area is 80.2 Å². The highest BCUT2D eigenvalue weighted by Crippen LogP contribution is 2.26. The number of rotatable bonds is 1. The third kappa shape index (κ3) is 1.64. The first-order valence-corrected chi connectivity index (χ1v) is 3.93. The van der Waals surface area contributed by atoms with Crippen LogP contribution in [0.5, 0.6) is 0 Å². The second kappa shape index (κ2) is 3.68. The van der Waals surface area contributed by atoms with Gasteiger partial charge in [-0.2, -0.15) is 0 Å². The van der Waals surface area contributed by atoms with E-state index in [0.717, 1.165) is 6.07 Å². The van der Waals surface area contributed by atoms with Crippen LogP contribution in [0, 0.1) is 15.2 Å². The third-order valence-corrected chi connectivity index (χ3v) is 2.04. The van der Waals surface area contributed by atoms with Gasteiger partial charge in [0.05, 0.1) is 5.69 Å². The van der Waals surface area contributed by atoms with E-state index in [1.165, 1.54) is 6.07 Å². The van der Waals surface area contributed by atoms with Crippen LogP contribution in [0.2, 0.25) is 0 Å². The quantitative estimate of drug-likeness (QED) is 0.249. The fraction of sp³-hybridized carbons (Fsp3) is 0. The summed E-state index contributed by atoms with van der Waals surface area (Å²) in [6.45, 7) is 0. The van der Waals surface area contributed by atoms with Crippen LogP contribution in [-0.2, 0) is 0 Å². The predicted molar refractivity (Wildman–Crippen MR) is 47.9 cm³/mol. The largest absolute Gasteiger partial charge is 0.204 e. The molecule has 12 heavy (non-hydrogen) atoms. The van der Waals surface area contributed by atoms with E-state index >= 15 is 0 Å². The molecule has 0 heterocycles. The molecule has 1 aromatic rings. The fourth-order valence-corrected chi connectivity index (χ4v) is 1.18. The minimum Gasteiger partial charge on any atom is -0.204 e. The molecule has 62 valence electrons. The Morgan fingerprint density at radius 1 is 1.42 bits per heavy atom. The van der Waals surface area contributed by atoms with Crippen molar-refractivity contribution in [3.8, 4) is 0 Å². The van der Waals surface area contributed by atoms with E-state index in [-0.39, 0.29) is 5.69 Å². The second-order valence-electron chi connectivity index (χ2n) is 1.88. The Morgan fingerprint density at radius 3 is 2.67 bits per heavy atom. The molecule has 0 aliphatic carbocycles. The van der Waals surface area contributed by atoms with Crippen LogP contribution < -0.4 is 0 Å². The van der Waals surface area contributed by atoms with E-state index in [4.69, 9.17) is 5.53 Å². The average Bonchev–Trinajstić information content (AvgIpc) is 2.06. The van der Waals surface area contributed by atoms with Gasteiger partial charge in [0, 0.05) is 8.48 Å². The van der Waals surface area contributed by atoms with Crippen LogP contribution >= 0.6 is 22.6 Å². The van der Waals surface area contributed by atoms with Crippen LogP contribution in [0.1, 0.15) is 0 Å². The molecular weight excluding hydrogens is 279 g/mol. The first-order chi connectivity index (χ1) is 5.66. The van der Waals surface area contributed by atoms with E-state index in [0.29, 0.717) is 3.57 Å². The average molecular weight is 281 g/mol. The molecule has 3 nitrogen and oxygen atoms in total. The molecule has 0 aliphatic heterocycles. The van der Waals surface area contributed by atoms with Gasteiger partial charge >= 0.3 is 0 Å². The molecule has 0 N–H and O–H groups in total. The number of halogens is 3. The maximum Gasteiger partial charge on any atom is 0.169 e. The van der Waals surface area contributed by atoms with Gasteiger partial charge in [0.1, 0.15) is 0 Å². The van der Waals surface area contributed by atoms with Crippen LogP contribution in [0.4, 0.5) is 14.5 Å². The molecule has 0 saturated carbocycles. The highest BCUT2D eigenvalue weighted by atomic mass is 127. The molecule has 0 amide bonds. The summed E-state index contributed by atoms with van der Waals surface area (Å²) in [6.07, 6.45) is 0. The third-order valence-electron chi connectivity index (χ3n) is 1.16. The van der Waals surface area contributed by atoms with Crippen molar-refractivity contribution in [2.75, 3.05) is 0 Å². The van der Waals surface area contributed by atoms with E-state index in [1.54, 1.807) is 22.6 Å². The van der Waals surface area contributed by atoms with Gasteiger partial charge in [0.25, 0.3) is 0 Å². The lowest BCUT2D eigenvalue weighted by Gasteiger charge is -1.98. The lowest BCUT2D eigenvalue weighted by molar-refractivity contribution is 0.509. The summed E-state index contributed by atoms with van der Waals surface area (Å²) in [5.41, 5.74) is 7.73. The maximum atomic E-state index is 12.8. The molecule has 6 heteroatoms.